The summed E-state index contributed by atoms with van der Waals surface area (Å²) in [6.45, 7) is 2.66. The number of carbonyl (C=O) groups excluding carboxylic acids is 1. The van der Waals surface area contributed by atoms with E-state index in [1.165, 1.54) is 20.0 Å². The number of pyridine rings is 1. The Morgan fingerprint density at radius 1 is 1.28 bits per heavy atom. The Hall–Kier alpha value is -1.04. The molecule has 0 aliphatic rings. The fraction of sp³-hybridized carbons (Fsp3) is 0.300. The molecule has 1 aromatic rings. The molecular formula is C10H9Cl3N2O3. The van der Waals surface area contributed by atoms with E-state index >= 15 is 0 Å². The van der Waals surface area contributed by atoms with Crippen LogP contribution in [0.2, 0.25) is 15.1 Å². The second-order valence-corrected chi connectivity index (χ2v) is 5.13. The molecule has 98 valence electrons. The van der Waals surface area contributed by atoms with Gasteiger partial charge >= 0.3 is 5.97 Å². The van der Waals surface area contributed by atoms with Crippen molar-refractivity contribution in [1.29, 1.82) is 0 Å². The Bertz CT molecular complexity index is 517. The highest BCUT2D eigenvalue weighted by molar-refractivity contribution is 6.48. The van der Waals surface area contributed by atoms with Crippen LogP contribution in [0.25, 0.3) is 0 Å². The molecular weight excluding hydrogens is 302 g/mol. The van der Waals surface area contributed by atoms with Crippen LogP contribution in [0.15, 0.2) is 6.20 Å². The number of carboxylic acids is 1. The predicted molar refractivity (Wildman–Crippen MR) is 68.4 cm³/mol. The van der Waals surface area contributed by atoms with Crippen LogP contribution in [-0.2, 0) is 4.79 Å². The summed E-state index contributed by atoms with van der Waals surface area (Å²) in [5.74, 6) is -1.93. The van der Waals surface area contributed by atoms with Crippen LogP contribution >= 0.6 is 34.8 Å². The van der Waals surface area contributed by atoms with Crippen LogP contribution in [0.4, 0.5) is 0 Å². The van der Waals surface area contributed by atoms with Crippen LogP contribution in [0.5, 0.6) is 0 Å². The maximum atomic E-state index is 11.8. The minimum atomic E-state index is -1.45. The highest BCUT2D eigenvalue weighted by Crippen LogP contribution is 2.31. The average Bonchev–Trinajstić information content (AvgIpc) is 2.25. The van der Waals surface area contributed by atoms with Gasteiger partial charge in [-0.05, 0) is 13.8 Å². The molecule has 0 bridgehead atoms. The van der Waals surface area contributed by atoms with Gasteiger partial charge in [-0.15, -0.1) is 0 Å². The van der Waals surface area contributed by atoms with E-state index in [0.29, 0.717) is 0 Å². The minimum Gasteiger partial charge on any atom is -0.480 e. The number of rotatable bonds is 3. The fourth-order valence-electron chi connectivity index (χ4n) is 0.998. The van der Waals surface area contributed by atoms with Gasteiger partial charge in [0.2, 0.25) is 0 Å². The minimum absolute atomic E-state index is 0.00776. The number of nitrogens with zero attached hydrogens (tertiary/aromatic N) is 1. The van der Waals surface area contributed by atoms with Crippen LogP contribution in [0, 0.1) is 0 Å². The monoisotopic (exact) mass is 310 g/mol. The molecule has 1 aromatic heterocycles. The topological polar surface area (TPSA) is 79.3 Å². The van der Waals surface area contributed by atoms with Crippen molar-refractivity contribution in [2.75, 3.05) is 0 Å². The van der Waals surface area contributed by atoms with Crippen LogP contribution in [0.3, 0.4) is 0 Å². The third-order valence-corrected chi connectivity index (χ3v) is 3.33. The molecule has 8 heteroatoms. The lowest BCUT2D eigenvalue weighted by atomic mass is 10.1. The molecule has 18 heavy (non-hydrogen) atoms. The zero-order chi connectivity index (χ0) is 14.1. The fourth-order valence-corrected chi connectivity index (χ4v) is 1.56. The second kappa shape index (κ2) is 5.30. The lowest BCUT2D eigenvalue weighted by Gasteiger charge is -2.21. The molecule has 0 radical (unpaired) electrons. The van der Waals surface area contributed by atoms with Crippen molar-refractivity contribution in [2.24, 2.45) is 0 Å². The summed E-state index contributed by atoms with van der Waals surface area (Å²) in [5.41, 5.74) is -1.63. The molecule has 5 nitrogen and oxygen atoms in total. The van der Waals surface area contributed by atoms with Crippen molar-refractivity contribution in [3.8, 4) is 0 Å². The smallest absolute Gasteiger partial charge is 0.328 e. The molecule has 0 atom stereocenters. The van der Waals surface area contributed by atoms with Crippen molar-refractivity contribution in [1.82, 2.24) is 10.3 Å². The largest absolute Gasteiger partial charge is 0.480 e. The molecule has 0 aliphatic heterocycles. The highest BCUT2D eigenvalue weighted by atomic mass is 35.5. The molecule has 0 aliphatic carbocycles. The normalized spacial score (nSPS) is 11.2. The molecule has 0 saturated heterocycles. The Morgan fingerprint density at radius 2 is 1.83 bits per heavy atom. The van der Waals surface area contributed by atoms with E-state index in [2.05, 4.69) is 10.3 Å². The van der Waals surface area contributed by atoms with Gasteiger partial charge in [0, 0.05) is 6.20 Å². The Balaban J connectivity index is 3.07. The first-order valence-corrected chi connectivity index (χ1v) is 5.85. The number of hydrogen-bond acceptors (Lipinski definition) is 3. The van der Waals surface area contributed by atoms with Gasteiger partial charge in [0.15, 0.2) is 0 Å². The van der Waals surface area contributed by atoms with Gasteiger partial charge in [0.25, 0.3) is 5.91 Å². The summed E-state index contributed by atoms with van der Waals surface area (Å²) in [4.78, 5) is 26.4. The first-order valence-electron chi connectivity index (χ1n) is 4.72. The molecule has 0 spiro atoms. The number of halogens is 3. The lowest BCUT2D eigenvalue weighted by molar-refractivity contribution is -0.143. The summed E-state index contributed by atoms with van der Waals surface area (Å²) in [6.07, 6.45) is 1.17. The summed E-state index contributed by atoms with van der Waals surface area (Å²) in [6, 6.07) is 0. The van der Waals surface area contributed by atoms with Crippen LogP contribution in [0.1, 0.15) is 24.3 Å². The van der Waals surface area contributed by atoms with Gasteiger partial charge in [-0.2, -0.15) is 0 Å². The summed E-state index contributed by atoms with van der Waals surface area (Å²) in [5, 5.41) is 11.1. The second-order valence-electron chi connectivity index (χ2n) is 3.97. The molecule has 0 fully saturated rings. The first kappa shape index (κ1) is 15.0. The van der Waals surface area contributed by atoms with Gasteiger partial charge < -0.3 is 10.4 Å². The van der Waals surface area contributed by atoms with Crippen LogP contribution < -0.4 is 5.32 Å². The van der Waals surface area contributed by atoms with Gasteiger partial charge in [-0.25, -0.2) is 9.78 Å². The Morgan fingerprint density at radius 3 is 2.33 bits per heavy atom. The van der Waals surface area contributed by atoms with Gasteiger partial charge in [-0.1, -0.05) is 34.8 Å². The number of aliphatic carboxylic acids is 1. The van der Waals surface area contributed by atoms with Crippen molar-refractivity contribution >= 4 is 46.7 Å². The summed E-state index contributed by atoms with van der Waals surface area (Å²) >= 11 is 17.2. The lowest BCUT2D eigenvalue weighted by Crippen LogP contribution is -2.49. The van der Waals surface area contributed by atoms with Crippen molar-refractivity contribution in [3.05, 3.63) is 27.0 Å². The quantitative estimate of drug-likeness (QED) is 0.899. The third kappa shape index (κ3) is 3.04. The van der Waals surface area contributed by atoms with E-state index < -0.39 is 17.4 Å². The molecule has 1 rings (SSSR count). The molecule has 1 amide bonds. The number of nitrogens with one attached hydrogen (secondary N) is 1. The standard InChI is InChI=1S/C10H9Cl3N2O3/c1-10(2,9(17)18)15-8(16)7-6(13)5(12)4(11)3-14-7/h3H,1-2H3,(H,15,16)(H,17,18). The highest BCUT2D eigenvalue weighted by Gasteiger charge is 2.31. The van der Waals surface area contributed by atoms with Crippen molar-refractivity contribution in [3.63, 3.8) is 0 Å². The van der Waals surface area contributed by atoms with E-state index in [0.717, 1.165) is 0 Å². The summed E-state index contributed by atoms with van der Waals surface area (Å²) < 4.78 is 0. The summed E-state index contributed by atoms with van der Waals surface area (Å²) in [7, 11) is 0. The van der Waals surface area contributed by atoms with E-state index in [9.17, 15) is 9.59 Å². The zero-order valence-corrected chi connectivity index (χ0v) is 11.7. The molecule has 2 N–H and O–H groups in total. The Kier molecular flexibility index (Phi) is 4.42. The number of aromatic nitrogens is 1. The SMILES string of the molecule is CC(C)(NC(=O)c1ncc(Cl)c(Cl)c1Cl)C(=O)O. The van der Waals surface area contributed by atoms with E-state index in [4.69, 9.17) is 39.9 Å². The molecule has 1 heterocycles. The van der Waals surface area contributed by atoms with E-state index in [-0.39, 0.29) is 20.8 Å². The maximum Gasteiger partial charge on any atom is 0.328 e. The van der Waals surface area contributed by atoms with Crippen LogP contribution in [-0.4, -0.2) is 27.5 Å². The van der Waals surface area contributed by atoms with Gasteiger partial charge in [0.05, 0.1) is 15.1 Å². The van der Waals surface area contributed by atoms with Gasteiger partial charge in [-0.3, -0.25) is 4.79 Å². The number of amides is 1. The first-order chi connectivity index (χ1) is 8.16. The maximum absolute atomic E-state index is 11.8. The third-order valence-electron chi connectivity index (χ3n) is 2.09. The van der Waals surface area contributed by atoms with Crippen molar-refractivity contribution < 1.29 is 14.7 Å². The molecule has 0 aromatic carbocycles. The van der Waals surface area contributed by atoms with E-state index in [1.54, 1.807) is 0 Å². The average molecular weight is 312 g/mol. The zero-order valence-electron chi connectivity index (χ0n) is 9.42. The molecule has 0 unspecified atom stereocenters. The van der Waals surface area contributed by atoms with Gasteiger partial charge in [0.1, 0.15) is 11.2 Å². The number of carboxylic acid groups (broad SMARTS) is 1. The number of carbonyl (C=O) groups is 2. The molecule has 0 saturated carbocycles. The number of hydrogen-bond donors (Lipinski definition) is 2. The van der Waals surface area contributed by atoms with Crippen molar-refractivity contribution in [2.45, 2.75) is 19.4 Å². The predicted octanol–water partition coefficient (Wildman–Crippen LogP) is 2.63. The van der Waals surface area contributed by atoms with E-state index in [1.807, 2.05) is 0 Å². The Labute approximate surface area is 118 Å².